The fourth-order valence-electron chi connectivity index (χ4n) is 1.33. The Bertz CT molecular complexity index is 409. The molecule has 1 rings (SSSR count). The molecule has 0 unspecified atom stereocenters. The number of nitrogens with zero attached hydrogens (tertiary/aromatic N) is 2. The molecule has 0 aliphatic carbocycles. The number of carbonyl (C=O) groups is 1. The lowest BCUT2D eigenvalue weighted by Gasteiger charge is -2.06. The first kappa shape index (κ1) is 14.5. The summed E-state index contributed by atoms with van der Waals surface area (Å²) in [7, 11) is 1.89. The summed E-state index contributed by atoms with van der Waals surface area (Å²) in [4.78, 5) is 10.6. The van der Waals surface area contributed by atoms with E-state index in [9.17, 15) is 4.79 Å². The van der Waals surface area contributed by atoms with Crippen molar-refractivity contribution in [2.24, 2.45) is 12.8 Å². The average molecular weight is 322 g/mol. The van der Waals surface area contributed by atoms with Crippen LogP contribution in [0.15, 0.2) is 4.47 Å². The third-order valence-electron chi connectivity index (χ3n) is 2.36. The van der Waals surface area contributed by atoms with E-state index in [2.05, 4.69) is 21.0 Å². The highest BCUT2D eigenvalue weighted by atomic mass is 79.9. The van der Waals surface area contributed by atoms with Gasteiger partial charge in [-0.2, -0.15) is 16.9 Å². The maximum Gasteiger partial charge on any atom is 0.321 e. The molecule has 1 atom stereocenters. The lowest BCUT2D eigenvalue weighted by molar-refractivity contribution is -0.137. The van der Waals surface area contributed by atoms with Gasteiger partial charge in [-0.1, -0.05) is 6.92 Å². The van der Waals surface area contributed by atoms with Crippen molar-refractivity contribution in [1.82, 2.24) is 9.78 Å². The lowest BCUT2D eigenvalue weighted by atomic mass is 10.3. The second-order valence-electron chi connectivity index (χ2n) is 3.64. The number of hydrogen-bond acceptors (Lipinski definition) is 4. The minimum absolute atomic E-state index is 0.397. The van der Waals surface area contributed by atoms with Crippen molar-refractivity contribution in [2.75, 3.05) is 5.75 Å². The second-order valence-corrected chi connectivity index (χ2v) is 5.47. The standard InChI is InChI=1S/C10H16BrN3O2S/c1-3-7-9(11)8(14(2)13-7)5-17-4-6(12)10(15)16/h6H,3-5,12H2,1-2H3,(H,15,16)/t6-/m1/s1. The second kappa shape index (κ2) is 6.42. The van der Waals surface area contributed by atoms with E-state index in [0.717, 1.165) is 22.3 Å². The maximum atomic E-state index is 10.6. The molecule has 96 valence electrons. The maximum absolute atomic E-state index is 10.6. The van der Waals surface area contributed by atoms with E-state index < -0.39 is 12.0 Å². The number of carboxylic acid groups (broad SMARTS) is 1. The number of rotatable bonds is 6. The zero-order chi connectivity index (χ0) is 13.0. The van der Waals surface area contributed by atoms with Crippen LogP contribution in [0.4, 0.5) is 0 Å². The highest BCUT2D eigenvalue weighted by Crippen LogP contribution is 2.25. The van der Waals surface area contributed by atoms with Crippen molar-refractivity contribution < 1.29 is 9.90 Å². The van der Waals surface area contributed by atoms with Crippen LogP contribution < -0.4 is 5.73 Å². The van der Waals surface area contributed by atoms with Crippen LogP contribution in [0.5, 0.6) is 0 Å². The number of halogens is 1. The molecule has 0 saturated carbocycles. The molecule has 1 heterocycles. The summed E-state index contributed by atoms with van der Waals surface area (Å²) in [5, 5.41) is 13.0. The van der Waals surface area contributed by atoms with E-state index in [0.29, 0.717) is 11.5 Å². The van der Waals surface area contributed by atoms with Crippen LogP contribution >= 0.6 is 27.7 Å². The molecule has 5 nitrogen and oxygen atoms in total. The molecule has 0 radical (unpaired) electrons. The van der Waals surface area contributed by atoms with Crippen molar-refractivity contribution in [3.63, 3.8) is 0 Å². The van der Waals surface area contributed by atoms with Crippen molar-refractivity contribution >= 4 is 33.7 Å². The molecule has 3 N–H and O–H groups in total. The normalized spacial score (nSPS) is 12.7. The highest BCUT2D eigenvalue weighted by Gasteiger charge is 2.15. The molecular formula is C10H16BrN3O2S. The van der Waals surface area contributed by atoms with Crippen molar-refractivity contribution in [3.8, 4) is 0 Å². The number of aryl methyl sites for hydroxylation is 2. The molecule has 17 heavy (non-hydrogen) atoms. The number of hydrogen-bond donors (Lipinski definition) is 2. The first-order chi connectivity index (χ1) is 7.97. The Labute approximate surface area is 113 Å². The summed E-state index contributed by atoms with van der Waals surface area (Å²) in [5.74, 6) is 0.134. The summed E-state index contributed by atoms with van der Waals surface area (Å²) in [5.41, 5.74) is 7.51. The van der Waals surface area contributed by atoms with E-state index >= 15 is 0 Å². The van der Waals surface area contributed by atoms with Crippen molar-refractivity contribution in [1.29, 1.82) is 0 Å². The fraction of sp³-hybridized carbons (Fsp3) is 0.600. The van der Waals surface area contributed by atoms with Crippen LogP contribution in [0.2, 0.25) is 0 Å². The van der Waals surface area contributed by atoms with Crippen molar-refractivity contribution in [3.05, 3.63) is 15.9 Å². The number of aromatic nitrogens is 2. The van der Waals surface area contributed by atoms with Gasteiger partial charge < -0.3 is 10.8 Å². The molecule has 7 heteroatoms. The average Bonchev–Trinajstić information content (AvgIpc) is 2.55. The predicted molar refractivity (Wildman–Crippen MR) is 72.1 cm³/mol. The first-order valence-electron chi connectivity index (χ1n) is 5.23. The highest BCUT2D eigenvalue weighted by molar-refractivity contribution is 9.10. The summed E-state index contributed by atoms with van der Waals surface area (Å²) in [6.07, 6.45) is 0.869. The quantitative estimate of drug-likeness (QED) is 0.827. The SMILES string of the molecule is CCc1nn(C)c(CSC[C@@H](N)C(=O)O)c1Br. The van der Waals surface area contributed by atoms with E-state index in [1.165, 1.54) is 11.8 Å². The molecule has 0 aliphatic heterocycles. The molecule has 1 aromatic rings. The fourth-order valence-corrected chi connectivity index (χ4v) is 3.31. The van der Waals surface area contributed by atoms with E-state index in [1.54, 1.807) is 0 Å². The van der Waals surface area contributed by atoms with Crippen LogP contribution in [0.25, 0.3) is 0 Å². The van der Waals surface area contributed by atoms with E-state index in [4.69, 9.17) is 10.8 Å². The Hall–Kier alpha value is -0.530. The zero-order valence-corrected chi connectivity index (χ0v) is 12.2. The van der Waals surface area contributed by atoms with Gasteiger partial charge in [-0.05, 0) is 22.4 Å². The van der Waals surface area contributed by atoms with E-state index in [-0.39, 0.29) is 0 Å². The van der Waals surface area contributed by atoms with Gasteiger partial charge >= 0.3 is 5.97 Å². The number of carboxylic acids is 1. The molecule has 0 spiro atoms. The van der Waals surface area contributed by atoms with Gasteiger partial charge in [0.05, 0.1) is 15.9 Å². The van der Waals surface area contributed by atoms with E-state index in [1.807, 2.05) is 18.7 Å². The van der Waals surface area contributed by atoms with Gasteiger partial charge in [-0.3, -0.25) is 9.48 Å². The monoisotopic (exact) mass is 321 g/mol. The molecule has 0 amide bonds. The topological polar surface area (TPSA) is 81.1 Å². The van der Waals surface area contributed by atoms with Gasteiger partial charge in [0, 0.05) is 18.6 Å². The zero-order valence-electron chi connectivity index (χ0n) is 9.81. The third kappa shape index (κ3) is 3.72. The molecule has 0 bridgehead atoms. The van der Waals surface area contributed by atoms with Gasteiger partial charge in [0.25, 0.3) is 0 Å². The summed E-state index contributed by atoms with van der Waals surface area (Å²) < 4.78 is 2.83. The van der Waals surface area contributed by atoms with Gasteiger partial charge in [0.1, 0.15) is 6.04 Å². The Morgan fingerprint density at radius 3 is 2.82 bits per heavy atom. The van der Waals surface area contributed by atoms with Crippen molar-refractivity contribution in [2.45, 2.75) is 25.1 Å². The molecule has 1 aromatic heterocycles. The van der Waals surface area contributed by atoms with Gasteiger partial charge in [-0.25, -0.2) is 0 Å². The van der Waals surface area contributed by atoms with Crippen LogP contribution in [0, 0.1) is 0 Å². The smallest absolute Gasteiger partial charge is 0.321 e. The lowest BCUT2D eigenvalue weighted by Crippen LogP contribution is -2.32. The summed E-state index contributed by atoms with van der Waals surface area (Å²) in [6, 6.07) is -0.808. The van der Waals surface area contributed by atoms with Crippen LogP contribution in [-0.4, -0.2) is 32.7 Å². The Balaban J connectivity index is 2.58. The Morgan fingerprint density at radius 1 is 1.71 bits per heavy atom. The van der Waals surface area contributed by atoms with Gasteiger partial charge in [0.15, 0.2) is 0 Å². The van der Waals surface area contributed by atoms with Crippen LogP contribution in [0.1, 0.15) is 18.3 Å². The molecule has 0 saturated heterocycles. The van der Waals surface area contributed by atoms with Crippen LogP contribution in [0.3, 0.4) is 0 Å². The summed E-state index contributed by atoms with van der Waals surface area (Å²) >= 11 is 5.01. The largest absolute Gasteiger partial charge is 0.480 e. The minimum Gasteiger partial charge on any atom is -0.480 e. The third-order valence-corrected chi connectivity index (χ3v) is 4.34. The summed E-state index contributed by atoms with van der Waals surface area (Å²) in [6.45, 7) is 2.05. The minimum atomic E-state index is -0.962. The number of aliphatic carboxylic acids is 1. The molecular weight excluding hydrogens is 306 g/mol. The number of thioether (sulfide) groups is 1. The molecule has 0 fully saturated rings. The molecule has 0 aliphatic rings. The molecule has 0 aromatic carbocycles. The Kier molecular flexibility index (Phi) is 5.48. The van der Waals surface area contributed by atoms with Crippen LogP contribution in [-0.2, 0) is 24.0 Å². The first-order valence-corrected chi connectivity index (χ1v) is 7.18. The predicted octanol–water partition coefficient (Wildman–Crippen LogP) is 1.39. The Morgan fingerprint density at radius 2 is 2.35 bits per heavy atom. The van der Waals surface area contributed by atoms with Gasteiger partial charge in [-0.15, -0.1) is 0 Å². The number of nitrogens with two attached hydrogens (primary N) is 1. The van der Waals surface area contributed by atoms with Gasteiger partial charge in [0.2, 0.25) is 0 Å².